The molecule has 3 heteroatoms. The monoisotopic (exact) mass is 336 g/mol. The van der Waals surface area contributed by atoms with E-state index in [1.54, 1.807) is 0 Å². The lowest BCUT2D eigenvalue weighted by Gasteiger charge is -2.49. The minimum absolute atomic E-state index is 0.445. The summed E-state index contributed by atoms with van der Waals surface area (Å²) in [5, 5.41) is 3.80. The van der Waals surface area contributed by atoms with Crippen LogP contribution < -0.4 is 5.32 Å². The third kappa shape index (κ3) is 2.81. The molecule has 0 heterocycles. The molecule has 1 N–H and O–H groups in total. The predicted molar refractivity (Wildman–Crippen MR) is 88.2 cm³/mol. The topological polar surface area (TPSA) is 15.3 Å². The average Bonchev–Trinajstić information content (AvgIpc) is 2.29. The lowest BCUT2D eigenvalue weighted by molar-refractivity contribution is 0.0524. The molecule has 0 saturated heterocycles. The molecule has 2 aliphatic carbocycles. The van der Waals surface area contributed by atoms with Crippen molar-refractivity contribution in [2.24, 2.45) is 0 Å². The normalized spacial score (nSPS) is 28.0. The lowest BCUT2D eigenvalue weighted by atomic mass is 9.73. The quantitative estimate of drug-likeness (QED) is 0.880. The SMILES string of the molecule is CN(C)C1(CNC2CC(c3cccc(Br)c3)C2)CCC1. The number of nitrogens with zero attached hydrogens (tertiary/aromatic N) is 1. The molecule has 0 bridgehead atoms. The molecule has 110 valence electrons. The van der Waals surface area contributed by atoms with E-state index >= 15 is 0 Å². The van der Waals surface area contributed by atoms with Crippen LogP contribution in [0.15, 0.2) is 28.7 Å². The standard InChI is InChI=1S/C17H25BrN2/c1-20(2)17(7-4-8-17)12-19-16-10-14(11-16)13-5-3-6-15(18)9-13/h3,5-6,9,14,16,19H,4,7-8,10-12H2,1-2H3. The van der Waals surface area contributed by atoms with Crippen molar-refractivity contribution in [2.75, 3.05) is 20.6 Å². The fourth-order valence-electron chi connectivity index (χ4n) is 3.52. The van der Waals surface area contributed by atoms with E-state index in [0.717, 1.165) is 18.5 Å². The van der Waals surface area contributed by atoms with E-state index in [1.807, 2.05) is 0 Å². The Labute approximate surface area is 131 Å². The number of hydrogen-bond acceptors (Lipinski definition) is 2. The molecule has 2 saturated carbocycles. The summed E-state index contributed by atoms with van der Waals surface area (Å²) in [5.41, 5.74) is 1.93. The average molecular weight is 337 g/mol. The van der Waals surface area contributed by atoms with Crippen LogP contribution in [0.4, 0.5) is 0 Å². The van der Waals surface area contributed by atoms with E-state index in [1.165, 1.54) is 42.1 Å². The van der Waals surface area contributed by atoms with Gasteiger partial charge in [-0.1, -0.05) is 28.1 Å². The zero-order chi connectivity index (χ0) is 14.2. The third-order valence-corrected chi connectivity index (χ3v) is 5.90. The first-order valence-corrected chi connectivity index (χ1v) is 8.55. The Bertz CT molecular complexity index is 462. The molecular formula is C17H25BrN2. The predicted octanol–water partition coefficient (Wildman–Crippen LogP) is 3.77. The summed E-state index contributed by atoms with van der Waals surface area (Å²) >= 11 is 3.57. The van der Waals surface area contributed by atoms with Gasteiger partial charge in [-0.2, -0.15) is 0 Å². The molecular weight excluding hydrogens is 312 g/mol. The molecule has 0 atom stereocenters. The van der Waals surface area contributed by atoms with Gasteiger partial charge in [-0.05, 0) is 69.8 Å². The summed E-state index contributed by atoms with van der Waals surface area (Å²) in [6.07, 6.45) is 6.69. The summed E-state index contributed by atoms with van der Waals surface area (Å²) in [7, 11) is 4.46. The summed E-state index contributed by atoms with van der Waals surface area (Å²) < 4.78 is 1.20. The Morgan fingerprint density at radius 1 is 1.30 bits per heavy atom. The van der Waals surface area contributed by atoms with E-state index in [9.17, 15) is 0 Å². The molecule has 0 radical (unpaired) electrons. The number of benzene rings is 1. The van der Waals surface area contributed by atoms with Crippen molar-refractivity contribution in [1.29, 1.82) is 0 Å². The second-order valence-electron chi connectivity index (χ2n) is 6.77. The van der Waals surface area contributed by atoms with Crippen LogP contribution in [-0.2, 0) is 0 Å². The molecule has 2 fully saturated rings. The van der Waals surface area contributed by atoms with Crippen LogP contribution in [0.1, 0.15) is 43.6 Å². The Kier molecular flexibility index (Phi) is 4.21. The number of rotatable bonds is 5. The van der Waals surface area contributed by atoms with Crippen LogP contribution in [0.3, 0.4) is 0 Å². The summed E-state index contributed by atoms with van der Waals surface area (Å²) in [6.45, 7) is 1.16. The highest BCUT2D eigenvalue weighted by Gasteiger charge is 2.40. The fourth-order valence-corrected chi connectivity index (χ4v) is 3.94. The molecule has 0 spiro atoms. The third-order valence-electron chi connectivity index (χ3n) is 5.41. The molecule has 0 aliphatic heterocycles. The second kappa shape index (κ2) is 5.78. The Morgan fingerprint density at radius 3 is 2.60 bits per heavy atom. The van der Waals surface area contributed by atoms with Gasteiger partial charge in [-0.25, -0.2) is 0 Å². The highest BCUT2D eigenvalue weighted by molar-refractivity contribution is 9.10. The first-order chi connectivity index (χ1) is 9.59. The second-order valence-corrected chi connectivity index (χ2v) is 7.69. The summed E-state index contributed by atoms with van der Waals surface area (Å²) in [6, 6.07) is 9.51. The summed E-state index contributed by atoms with van der Waals surface area (Å²) in [4.78, 5) is 2.42. The minimum atomic E-state index is 0.445. The molecule has 20 heavy (non-hydrogen) atoms. The first kappa shape index (κ1) is 14.6. The van der Waals surface area contributed by atoms with Crippen molar-refractivity contribution in [3.05, 3.63) is 34.3 Å². The van der Waals surface area contributed by atoms with E-state index in [-0.39, 0.29) is 0 Å². The van der Waals surface area contributed by atoms with Gasteiger partial charge in [-0.15, -0.1) is 0 Å². The van der Waals surface area contributed by atoms with E-state index in [4.69, 9.17) is 0 Å². The number of nitrogens with one attached hydrogen (secondary N) is 1. The van der Waals surface area contributed by atoms with E-state index in [0.29, 0.717) is 5.54 Å². The van der Waals surface area contributed by atoms with Gasteiger partial charge < -0.3 is 10.2 Å². The summed E-state index contributed by atoms with van der Waals surface area (Å²) in [5.74, 6) is 0.752. The van der Waals surface area contributed by atoms with Crippen molar-refractivity contribution in [3.8, 4) is 0 Å². The molecule has 3 rings (SSSR count). The fraction of sp³-hybridized carbons (Fsp3) is 0.647. The number of hydrogen-bond donors (Lipinski definition) is 1. The molecule has 2 nitrogen and oxygen atoms in total. The Balaban J connectivity index is 1.47. The maximum absolute atomic E-state index is 3.80. The van der Waals surface area contributed by atoms with Crippen molar-refractivity contribution in [1.82, 2.24) is 10.2 Å². The van der Waals surface area contributed by atoms with Gasteiger partial charge in [0.1, 0.15) is 0 Å². The highest BCUT2D eigenvalue weighted by atomic mass is 79.9. The largest absolute Gasteiger partial charge is 0.312 e. The van der Waals surface area contributed by atoms with Crippen LogP contribution in [0.25, 0.3) is 0 Å². The van der Waals surface area contributed by atoms with Gasteiger partial charge in [0.25, 0.3) is 0 Å². The van der Waals surface area contributed by atoms with Gasteiger partial charge in [0.05, 0.1) is 0 Å². The van der Waals surface area contributed by atoms with Crippen LogP contribution in [0, 0.1) is 0 Å². The van der Waals surface area contributed by atoms with Crippen molar-refractivity contribution >= 4 is 15.9 Å². The van der Waals surface area contributed by atoms with Crippen LogP contribution >= 0.6 is 15.9 Å². The minimum Gasteiger partial charge on any atom is -0.312 e. The number of likely N-dealkylation sites (N-methyl/N-ethyl adjacent to an activating group) is 1. The zero-order valence-electron chi connectivity index (χ0n) is 12.5. The van der Waals surface area contributed by atoms with Crippen LogP contribution in [0.5, 0.6) is 0 Å². The van der Waals surface area contributed by atoms with Crippen LogP contribution in [-0.4, -0.2) is 37.1 Å². The molecule has 1 aromatic rings. The van der Waals surface area contributed by atoms with Crippen molar-refractivity contribution in [2.45, 2.75) is 49.6 Å². The lowest BCUT2D eigenvalue weighted by Crippen LogP contribution is -2.58. The van der Waals surface area contributed by atoms with Gasteiger partial charge in [0.15, 0.2) is 0 Å². The van der Waals surface area contributed by atoms with Gasteiger partial charge in [0.2, 0.25) is 0 Å². The number of halogens is 1. The Morgan fingerprint density at radius 2 is 2.05 bits per heavy atom. The molecule has 2 aliphatic rings. The van der Waals surface area contributed by atoms with E-state index < -0.39 is 0 Å². The van der Waals surface area contributed by atoms with Crippen molar-refractivity contribution < 1.29 is 0 Å². The molecule has 1 aromatic carbocycles. The maximum atomic E-state index is 3.80. The highest BCUT2D eigenvalue weighted by Crippen LogP contribution is 2.39. The van der Waals surface area contributed by atoms with E-state index in [2.05, 4.69) is 64.5 Å². The first-order valence-electron chi connectivity index (χ1n) is 7.75. The smallest absolute Gasteiger partial charge is 0.0328 e. The van der Waals surface area contributed by atoms with Gasteiger partial charge >= 0.3 is 0 Å². The van der Waals surface area contributed by atoms with Crippen molar-refractivity contribution in [3.63, 3.8) is 0 Å². The van der Waals surface area contributed by atoms with Crippen LogP contribution in [0.2, 0.25) is 0 Å². The van der Waals surface area contributed by atoms with Gasteiger partial charge in [-0.3, -0.25) is 0 Å². The molecule has 0 unspecified atom stereocenters. The molecule has 0 amide bonds. The maximum Gasteiger partial charge on any atom is 0.0328 e. The van der Waals surface area contributed by atoms with Gasteiger partial charge in [0, 0.05) is 22.6 Å². The Hall–Kier alpha value is -0.380. The molecule has 0 aromatic heterocycles. The zero-order valence-corrected chi connectivity index (χ0v) is 14.1.